The zero-order valence-corrected chi connectivity index (χ0v) is 7.27. The Labute approximate surface area is 85.9 Å². The SMILES string of the molecule is O.[Ca+2].[OH-].[OH-].[OH-].[OH-].[Ti]. The maximum absolute atomic E-state index is 0. The third kappa shape index (κ3) is 82.4. The second-order valence-electron chi connectivity index (χ2n) is 0. The fraction of sp³-hybridized carbons (Fsp3) is 0. The molecular formula is H6CaO5Ti-2. The molecule has 0 spiro atoms. The molecular weight excluding hydrogens is 168 g/mol. The maximum Gasteiger partial charge on any atom is 2.00 e. The summed E-state index contributed by atoms with van der Waals surface area (Å²) in [4.78, 5) is 0. The van der Waals surface area contributed by atoms with Crippen molar-refractivity contribution < 1.29 is 49.1 Å². The smallest absolute Gasteiger partial charge is 0.870 e. The van der Waals surface area contributed by atoms with Gasteiger partial charge in [0, 0.05) is 21.7 Å². The second-order valence-corrected chi connectivity index (χ2v) is 0. The Hall–Kier alpha value is 1.77. The van der Waals surface area contributed by atoms with Crippen molar-refractivity contribution in [2.24, 2.45) is 0 Å². The van der Waals surface area contributed by atoms with E-state index in [0.29, 0.717) is 0 Å². The van der Waals surface area contributed by atoms with Crippen LogP contribution in [0.3, 0.4) is 0 Å². The van der Waals surface area contributed by atoms with E-state index in [2.05, 4.69) is 0 Å². The molecule has 0 aliphatic heterocycles. The zero-order valence-electron chi connectivity index (χ0n) is 3.50. The van der Waals surface area contributed by atoms with Crippen LogP contribution in [-0.4, -0.2) is 65.1 Å². The van der Waals surface area contributed by atoms with Crippen LogP contribution >= 0.6 is 0 Å². The van der Waals surface area contributed by atoms with Crippen molar-refractivity contribution in [2.45, 2.75) is 0 Å². The fourth-order valence-corrected chi connectivity index (χ4v) is 0. The maximum atomic E-state index is 0. The summed E-state index contributed by atoms with van der Waals surface area (Å²) < 4.78 is 0. The Kier molecular flexibility index (Phi) is 2730. The van der Waals surface area contributed by atoms with E-state index in [1.54, 1.807) is 0 Å². The van der Waals surface area contributed by atoms with Gasteiger partial charge < -0.3 is 27.4 Å². The van der Waals surface area contributed by atoms with Gasteiger partial charge >= 0.3 is 37.7 Å². The predicted molar refractivity (Wildman–Crippen MR) is 17.1 cm³/mol. The van der Waals surface area contributed by atoms with Gasteiger partial charge in [-0.15, -0.1) is 0 Å². The normalized spacial score (nSPS) is 0. The molecule has 0 amide bonds. The Morgan fingerprint density at radius 2 is 0.571 bits per heavy atom. The van der Waals surface area contributed by atoms with Crippen molar-refractivity contribution >= 4 is 37.7 Å². The molecule has 0 saturated heterocycles. The summed E-state index contributed by atoms with van der Waals surface area (Å²) in [5.41, 5.74) is 0. The molecule has 7 heteroatoms. The first-order valence-electron chi connectivity index (χ1n) is 0. The van der Waals surface area contributed by atoms with Gasteiger partial charge in [-0.05, 0) is 0 Å². The van der Waals surface area contributed by atoms with Gasteiger partial charge in [-0.3, -0.25) is 0 Å². The molecule has 0 bridgehead atoms. The van der Waals surface area contributed by atoms with Crippen molar-refractivity contribution in [3.05, 3.63) is 0 Å². The van der Waals surface area contributed by atoms with Crippen molar-refractivity contribution in [1.82, 2.24) is 0 Å². The molecule has 7 heavy (non-hydrogen) atoms. The molecule has 5 nitrogen and oxygen atoms in total. The quantitative estimate of drug-likeness (QED) is 0.393. The van der Waals surface area contributed by atoms with Crippen LogP contribution in [0.25, 0.3) is 0 Å². The summed E-state index contributed by atoms with van der Waals surface area (Å²) in [5, 5.41) is 0. The molecule has 0 aromatic carbocycles. The Bertz CT molecular complexity index is 8.04. The molecule has 0 aromatic heterocycles. The summed E-state index contributed by atoms with van der Waals surface area (Å²) in [7, 11) is 0. The molecule has 0 radical (unpaired) electrons. The van der Waals surface area contributed by atoms with Crippen LogP contribution in [0.1, 0.15) is 0 Å². The number of hydrogen-bond acceptors (Lipinski definition) is 4. The van der Waals surface area contributed by atoms with Crippen LogP contribution in [-0.2, 0) is 21.7 Å². The van der Waals surface area contributed by atoms with E-state index in [-0.39, 0.29) is 86.8 Å². The van der Waals surface area contributed by atoms with Crippen LogP contribution in [0.4, 0.5) is 0 Å². The van der Waals surface area contributed by atoms with Crippen molar-refractivity contribution in [1.29, 1.82) is 0 Å². The molecule has 0 aliphatic carbocycles. The van der Waals surface area contributed by atoms with Gasteiger partial charge in [0.2, 0.25) is 0 Å². The molecule has 0 aromatic rings. The third-order valence-corrected chi connectivity index (χ3v) is 0. The van der Waals surface area contributed by atoms with Gasteiger partial charge in [-0.2, -0.15) is 0 Å². The van der Waals surface area contributed by atoms with E-state index < -0.39 is 0 Å². The molecule has 0 unspecified atom stereocenters. The first-order valence-corrected chi connectivity index (χ1v) is 0. The van der Waals surface area contributed by atoms with E-state index in [1.807, 2.05) is 0 Å². The van der Waals surface area contributed by atoms with Crippen LogP contribution in [0.15, 0.2) is 0 Å². The van der Waals surface area contributed by atoms with Crippen LogP contribution in [0, 0.1) is 0 Å². The van der Waals surface area contributed by atoms with Crippen LogP contribution in [0.5, 0.6) is 0 Å². The topological polar surface area (TPSA) is 152 Å². The summed E-state index contributed by atoms with van der Waals surface area (Å²) in [6.07, 6.45) is 0. The second kappa shape index (κ2) is 113. The van der Waals surface area contributed by atoms with E-state index in [1.165, 1.54) is 0 Å². The number of hydrogen-bond donors (Lipinski definition) is 0. The fourth-order valence-electron chi connectivity index (χ4n) is 0. The summed E-state index contributed by atoms with van der Waals surface area (Å²) in [6.45, 7) is 0. The molecule has 0 atom stereocenters. The van der Waals surface area contributed by atoms with E-state index in [0.717, 1.165) is 0 Å². The minimum Gasteiger partial charge on any atom is -0.870 e. The molecule has 0 aliphatic rings. The monoisotopic (exact) mass is 174 g/mol. The van der Waals surface area contributed by atoms with Crippen molar-refractivity contribution in [3.8, 4) is 0 Å². The van der Waals surface area contributed by atoms with Crippen molar-refractivity contribution in [2.75, 3.05) is 0 Å². The predicted octanol–water partition coefficient (Wildman–Crippen LogP) is -1.92. The minimum absolute atomic E-state index is 0. The molecule has 0 heterocycles. The molecule has 0 fully saturated rings. The summed E-state index contributed by atoms with van der Waals surface area (Å²) in [6, 6.07) is 0. The average Bonchev–Trinajstić information content (AvgIpc) is 0. The Morgan fingerprint density at radius 3 is 0.571 bits per heavy atom. The van der Waals surface area contributed by atoms with Crippen LogP contribution in [0.2, 0.25) is 0 Å². The Morgan fingerprint density at radius 1 is 0.571 bits per heavy atom. The van der Waals surface area contributed by atoms with Gasteiger partial charge in [0.15, 0.2) is 0 Å². The zero-order chi connectivity index (χ0) is 0. The molecule has 0 saturated carbocycles. The van der Waals surface area contributed by atoms with E-state index >= 15 is 0 Å². The van der Waals surface area contributed by atoms with Gasteiger partial charge in [0.1, 0.15) is 0 Å². The largest absolute Gasteiger partial charge is 2.00 e. The van der Waals surface area contributed by atoms with Gasteiger partial charge in [-0.25, -0.2) is 0 Å². The minimum atomic E-state index is 0. The van der Waals surface area contributed by atoms with Gasteiger partial charge in [-0.1, -0.05) is 0 Å². The third-order valence-electron chi connectivity index (χ3n) is 0. The standard InChI is InChI=1S/Ca.5H2O.Ti/h;5*1H2;/q+2;;;;;;/p-4. The first kappa shape index (κ1) is 168. The summed E-state index contributed by atoms with van der Waals surface area (Å²) >= 11 is 0. The van der Waals surface area contributed by atoms with Gasteiger partial charge in [0.05, 0.1) is 0 Å². The van der Waals surface area contributed by atoms with Gasteiger partial charge in [0.25, 0.3) is 0 Å². The first-order chi connectivity index (χ1) is 0. The molecule has 0 rings (SSSR count). The Balaban J connectivity index is 0. The average molecular weight is 174 g/mol. The van der Waals surface area contributed by atoms with Crippen LogP contribution < -0.4 is 0 Å². The molecule has 6 N–H and O–H groups in total. The van der Waals surface area contributed by atoms with Crippen molar-refractivity contribution in [3.63, 3.8) is 0 Å². The van der Waals surface area contributed by atoms with E-state index in [9.17, 15) is 0 Å². The molecule has 44 valence electrons. The van der Waals surface area contributed by atoms with E-state index in [4.69, 9.17) is 0 Å². The number of rotatable bonds is 0. The summed E-state index contributed by atoms with van der Waals surface area (Å²) in [5.74, 6) is 0.